The number of amides is 3. The fourth-order valence-electron chi connectivity index (χ4n) is 7.37. The summed E-state index contributed by atoms with van der Waals surface area (Å²) in [4.78, 5) is 34.7. The molecule has 0 bridgehead atoms. The second kappa shape index (κ2) is 10.3. The zero-order chi connectivity index (χ0) is 28.1. The number of carbonyl (C=O) groups is 2. The quantitative estimate of drug-likeness (QED) is 0.550. The molecule has 4 aliphatic rings. The predicted octanol–water partition coefficient (Wildman–Crippen LogP) is 2.44. The third kappa shape index (κ3) is 5.32. The molecule has 2 heterocycles. The average molecular weight is 561 g/mol. The molecule has 4 fully saturated rings. The number of hydrogen-bond acceptors (Lipinski definition) is 6. The molecule has 1 aromatic carbocycles. The Morgan fingerprint density at radius 1 is 1.03 bits per heavy atom. The third-order valence-corrected chi connectivity index (χ3v) is 11.9. The van der Waals surface area contributed by atoms with Gasteiger partial charge >= 0.3 is 6.03 Å². The first-order valence-electron chi connectivity index (χ1n) is 14.4. The normalized spacial score (nSPS) is 29.8. The maximum Gasteiger partial charge on any atom is 0.321 e. The first-order chi connectivity index (χ1) is 18.4. The van der Waals surface area contributed by atoms with Crippen LogP contribution in [0.4, 0.5) is 4.79 Å². The summed E-state index contributed by atoms with van der Waals surface area (Å²) in [6, 6.07) is 10.4. The number of aliphatic hydroxyl groups is 1. The van der Waals surface area contributed by atoms with Crippen molar-refractivity contribution in [3.05, 3.63) is 35.9 Å². The number of piperidine rings is 1. The molecule has 3 amide bonds. The van der Waals surface area contributed by atoms with E-state index in [4.69, 9.17) is 0 Å². The second-order valence-electron chi connectivity index (χ2n) is 12.7. The highest BCUT2D eigenvalue weighted by Crippen LogP contribution is 2.50. The Bertz CT molecular complexity index is 1170. The lowest BCUT2D eigenvalue weighted by Crippen LogP contribution is -2.59. The Morgan fingerprint density at radius 2 is 1.64 bits per heavy atom. The van der Waals surface area contributed by atoms with Gasteiger partial charge in [-0.05, 0) is 77.4 Å². The van der Waals surface area contributed by atoms with Gasteiger partial charge in [0.25, 0.3) is 0 Å². The molecule has 10 heteroatoms. The average Bonchev–Trinajstić information content (AvgIpc) is 3.13. The number of rotatable bonds is 7. The first-order valence-corrected chi connectivity index (χ1v) is 16.3. The van der Waals surface area contributed by atoms with E-state index in [9.17, 15) is 23.1 Å². The number of sulfone groups is 1. The SMILES string of the molecule is CN(C)[C@]1(c2ccccc2)CC[C@@]2(CC1)CN(CC(=O)N1CCC(S(C)(=O)=O)CC1)C(=O)N2CC1(O)CCC1. The topological polar surface area (TPSA) is 101 Å². The van der Waals surface area contributed by atoms with Crippen LogP contribution in [0.3, 0.4) is 0 Å². The zero-order valence-electron chi connectivity index (χ0n) is 23.6. The Kier molecular flexibility index (Phi) is 7.52. The van der Waals surface area contributed by atoms with Crippen molar-refractivity contribution in [3.63, 3.8) is 0 Å². The van der Waals surface area contributed by atoms with Crippen molar-refractivity contribution in [3.8, 4) is 0 Å². The second-order valence-corrected chi connectivity index (χ2v) is 15.1. The Hall–Kier alpha value is -2.17. The summed E-state index contributed by atoms with van der Waals surface area (Å²) in [6.07, 6.45) is 7.86. The fourth-order valence-corrected chi connectivity index (χ4v) is 8.44. The standard InChI is InChI=1S/C29H44N4O5S/c1-30(2)29(23-8-5-4-6-9-23)16-14-27(15-17-29)21-32(26(35)33(27)22-28(36)12-7-13-28)20-25(34)31-18-10-24(11-19-31)39(3,37)38/h4-6,8-9,24,36H,7,10-22H2,1-3H3/t27-,29-. The highest BCUT2D eigenvalue weighted by molar-refractivity contribution is 7.91. The van der Waals surface area contributed by atoms with Gasteiger partial charge in [0.2, 0.25) is 5.91 Å². The molecular weight excluding hydrogens is 516 g/mol. The fraction of sp³-hybridized carbons (Fsp3) is 0.724. The van der Waals surface area contributed by atoms with Crippen LogP contribution in [0.25, 0.3) is 0 Å². The van der Waals surface area contributed by atoms with E-state index in [1.807, 2.05) is 11.0 Å². The highest BCUT2D eigenvalue weighted by atomic mass is 32.2. The van der Waals surface area contributed by atoms with Crippen molar-refractivity contribution in [1.29, 1.82) is 0 Å². The van der Waals surface area contributed by atoms with Gasteiger partial charge in [0, 0.05) is 31.4 Å². The van der Waals surface area contributed by atoms with Crippen molar-refractivity contribution in [2.24, 2.45) is 0 Å². The largest absolute Gasteiger partial charge is 0.388 e. The predicted molar refractivity (Wildman–Crippen MR) is 150 cm³/mol. The van der Waals surface area contributed by atoms with E-state index in [0.29, 0.717) is 51.9 Å². The monoisotopic (exact) mass is 560 g/mol. The van der Waals surface area contributed by atoms with Crippen LogP contribution in [0.1, 0.15) is 63.4 Å². The van der Waals surface area contributed by atoms with E-state index in [1.54, 1.807) is 9.80 Å². The van der Waals surface area contributed by atoms with E-state index < -0.39 is 26.2 Å². The molecule has 0 atom stereocenters. The molecule has 9 nitrogen and oxygen atoms in total. The van der Waals surface area contributed by atoms with Gasteiger partial charge in [-0.15, -0.1) is 0 Å². The van der Waals surface area contributed by atoms with Crippen molar-refractivity contribution < 1.29 is 23.1 Å². The smallest absolute Gasteiger partial charge is 0.321 e. The van der Waals surface area contributed by atoms with Crippen molar-refractivity contribution in [2.75, 3.05) is 53.1 Å². The van der Waals surface area contributed by atoms with Gasteiger partial charge in [0.1, 0.15) is 16.4 Å². The Balaban J connectivity index is 1.33. The number of hydrogen-bond donors (Lipinski definition) is 1. The number of carbonyl (C=O) groups excluding carboxylic acids is 2. The van der Waals surface area contributed by atoms with Crippen LogP contribution in [0, 0.1) is 0 Å². The molecule has 2 saturated carbocycles. The van der Waals surface area contributed by atoms with Gasteiger partial charge in [0.05, 0.1) is 22.9 Å². The van der Waals surface area contributed by atoms with Gasteiger partial charge in [-0.3, -0.25) is 9.69 Å². The molecule has 0 aromatic heterocycles. The van der Waals surface area contributed by atoms with Gasteiger partial charge in [-0.25, -0.2) is 13.2 Å². The van der Waals surface area contributed by atoms with Crippen molar-refractivity contribution in [1.82, 2.24) is 19.6 Å². The molecule has 1 aromatic rings. The minimum atomic E-state index is -3.12. The van der Waals surface area contributed by atoms with E-state index in [1.165, 1.54) is 11.8 Å². The molecule has 2 saturated heterocycles. The van der Waals surface area contributed by atoms with Crippen LogP contribution in [0.15, 0.2) is 30.3 Å². The van der Waals surface area contributed by atoms with Gasteiger partial charge in [-0.1, -0.05) is 30.3 Å². The summed E-state index contributed by atoms with van der Waals surface area (Å²) in [6.45, 7) is 1.59. The van der Waals surface area contributed by atoms with Crippen molar-refractivity contribution in [2.45, 2.75) is 79.7 Å². The van der Waals surface area contributed by atoms with Gasteiger partial charge < -0.3 is 19.8 Å². The molecule has 39 heavy (non-hydrogen) atoms. The van der Waals surface area contributed by atoms with E-state index >= 15 is 0 Å². The van der Waals surface area contributed by atoms with E-state index in [-0.39, 0.29) is 24.0 Å². The summed E-state index contributed by atoms with van der Waals surface area (Å²) in [7, 11) is 1.13. The zero-order valence-corrected chi connectivity index (χ0v) is 24.5. The van der Waals surface area contributed by atoms with Gasteiger partial charge in [0.15, 0.2) is 0 Å². The summed E-state index contributed by atoms with van der Waals surface area (Å²) >= 11 is 0. The maximum atomic E-state index is 13.8. The van der Waals surface area contributed by atoms with Gasteiger partial charge in [-0.2, -0.15) is 0 Å². The summed E-state index contributed by atoms with van der Waals surface area (Å²) < 4.78 is 23.9. The number of benzene rings is 1. The molecule has 2 aliphatic carbocycles. The molecule has 0 radical (unpaired) electrons. The molecule has 2 aliphatic heterocycles. The Labute approximate surface area is 233 Å². The van der Waals surface area contributed by atoms with Crippen LogP contribution >= 0.6 is 0 Å². The summed E-state index contributed by atoms with van der Waals surface area (Å²) in [5, 5.41) is 10.7. The third-order valence-electron chi connectivity index (χ3n) is 10.2. The molecular formula is C29H44N4O5S. The maximum absolute atomic E-state index is 13.8. The summed E-state index contributed by atoms with van der Waals surface area (Å²) in [5.74, 6) is -0.127. The van der Waals surface area contributed by atoms with E-state index in [2.05, 4.69) is 43.3 Å². The minimum Gasteiger partial charge on any atom is -0.388 e. The molecule has 0 unspecified atom stereocenters. The molecule has 5 rings (SSSR count). The highest BCUT2D eigenvalue weighted by Gasteiger charge is 2.56. The molecule has 1 spiro atoms. The first kappa shape index (κ1) is 28.4. The minimum absolute atomic E-state index is 0.00341. The van der Waals surface area contributed by atoms with Crippen LogP contribution in [-0.4, -0.2) is 115 Å². The van der Waals surface area contributed by atoms with Crippen molar-refractivity contribution >= 4 is 21.8 Å². The lowest BCUT2D eigenvalue weighted by atomic mass is 9.67. The molecule has 216 valence electrons. The Morgan fingerprint density at radius 3 is 2.15 bits per heavy atom. The van der Waals surface area contributed by atoms with E-state index in [0.717, 1.165) is 32.1 Å². The lowest BCUT2D eigenvalue weighted by molar-refractivity contribution is -0.132. The van der Waals surface area contributed by atoms with Crippen LogP contribution < -0.4 is 0 Å². The number of nitrogens with zero attached hydrogens (tertiary/aromatic N) is 4. The number of β-amino-alcohol motifs (C(OH)–C–C–N with tert-alkyl or cyclic N) is 1. The number of likely N-dealkylation sites (tertiary alicyclic amines) is 1. The summed E-state index contributed by atoms with van der Waals surface area (Å²) in [5.41, 5.74) is -0.101. The molecule has 1 N–H and O–H groups in total. The van der Waals surface area contributed by atoms with Crippen LogP contribution in [0.2, 0.25) is 0 Å². The van der Waals surface area contributed by atoms with Crippen LogP contribution in [-0.2, 0) is 20.2 Å². The van der Waals surface area contributed by atoms with Crippen LogP contribution in [0.5, 0.6) is 0 Å². The number of urea groups is 1. The lowest BCUT2D eigenvalue weighted by Gasteiger charge is -2.52.